The highest BCUT2D eigenvalue weighted by Gasteiger charge is 2.10. The van der Waals surface area contributed by atoms with Gasteiger partial charge >= 0.3 is 0 Å². The van der Waals surface area contributed by atoms with E-state index in [1.807, 2.05) is 18.2 Å². The molecule has 0 saturated carbocycles. The SMILES string of the molecule is COCCn1c(CCCNC(=O)c2ccccn2)nc2ccccc21. The number of hydrogen-bond donors (Lipinski definition) is 1. The summed E-state index contributed by atoms with van der Waals surface area (Å²) in [5.74, 6) is 0.874. The predicted octanol–water partition coefficient (Wildman–Crippen LogP) is 2.44. The highest BCUT2D eigenvalue weighted by molar-refractivity contribution is 5.92. The van der Waals surface area contributed by atoms with Crippen molar-refractivity contribution in [2.24, 2.45) is 0 Å². The van der Waals surface area contributed by atoms with Crippen LogP contribution in [0.1, 0.15) is 22.7 Å². The molecule has 1 amide bonds. The van der Waals surface area contributed by atoms with Crippen LogP contribution in [-0.2, 0) is 17.7 Å². The summed E-state index contributed by atoms with van der Waals surface area (Å²) >= 11 is 0. The van der Waals surface area contributed by atoms with Gasteiger partial charge in [-0.15, -0.1) is 0 Å². The summed E-state index contributed by atoms with van der Waals surface area (Å²) in [6, 6.07) is 13.4. The standard InChI is InChI=1S/C19H22N4O2/c1-25-14-13-23-17-9-3-2-7-15(17)22-18(23)10-6-12-21-19(24)16-8-4-5-11-20-16/h2-5,7-9,11H,6,10,12-14H2,1H3,(H,21,24). The van der Waals surface area contributed by atoms with Crippen LogP contribution in [0.3, 0.4) is 0 Å². The number of nitrogens with one attached hydrogen (secondary N) is 1. The van der Waals surface area contributed by atoms with Gasteiger partial charge in [0.1, 0.15) is 11.5 Å². The first-order valence-corrected chi connectivity index (χ1v) is 8.42. The van der Waals surface area contributed by atoms with Crippen LogP contribution in [-0.4, -0.2) is 40.7 Å². The molecule has 0 aliphatic rings. The molecular weight excluding hydrogens is 316 g/mol. The fourth-order valence-electron chi connectivity index (χ4n) is 2.78. The molecule has 2 heterocycles. The lowest BCUT2D eigenvalue weighted by molar-refractivity contribution is 0.0948. The van der Waals surface area contributed by atoms with Gasteiger partial charge in [-0.1, -0.05) is 18.2 Å². The van der Waals surface area contributed by atoms with Gasteiger partial charge in [-0.2, -0.15) is 0 Å². The average molecular weight is 338 g/mol. The molecule has 1 aromatic carbocycles. The number of benzene rings is 1. The Morgan fingerprint density at radius 3 is 2.84 bits per heavy atom. The number of hydrogen-bond acceptors (Lipinski definition) is 4. The molecule has 6 nitrogen and oxygen atoms in total. The number of nitrogens with zero attached hydrogens (tertiary/aromatic N) is 3. The van der Waals surface area contributed by atoms with Gasteiger partial charge in [0.25, 0.3) is 5.91 Å². The number of amides is 1. The number of aromatic nitrogens is 3. The van der Waals surface area contributed by atoms with Gasteiger partial charge in [-0.05, 0) is 30.7 Å². The van der Waals surface area contributed by atoms with Crippen molar-refractivity contribution in [3.8, 4) is 0 Å². The molecule has 0 aliphatic heterocycles. The predicted molar refractivity (Wildman–Crippen MR) is 96.5 cm³/mol. The first kappa shape index (κ1) is 17.1. The number of aryl methyl sites for hydroxylation is 1. The third kappa shape index (κ3) is 4.22. The van der Waals surface area contributed by atoms with Crippen molar-refractivity contribution in [1.29, 1.82) is 0 Å². The van der Waals surface area contributed by atoms with Gasteiger partial charge in [0.15, 0.2) is 0 Å². The molecule has 0 atom stereocenters. The van der Waals surface area contributed by atoms with Gasteiger partial charge in [0, 0.05) is 32.8 Å². The number of carbonyl (C=O) groups is 1. The van der Waals surface area contributed by atoms with Crippen LogP contribution in [0, 0.1) is 0 Å². The quantitative estimate of drug-likeness (QED) is 0.641. The molecular formula is C19H22N4O2. The van der Waals surface area contributed by atoms with Gasteiger partial charge in [0.05, 0.1) is 17.6 Å². The van der Waals surface area contributed by atoms with E-state index < -0.39 is 0 Å². The Bertz CT molecular complexity index is 830. The molecule has 0 bridgehead atoms. The number of methoxy groups -OCH3 is 1. The molecule has 0 aliphatic carbocycles. The van der Waals surface area contributed by atoms with Crippen LogP contribution < -0.4 is 5.32 Å². The van der Waals surface area contributed by atoms with E-state index in [1.54, 1.807) is 31.5 Å². The Morgan fingerprint density at radius 1 is 1.20 bits per heavy atom. The lowest BCUT2D eigenvalue weighted by atomic mass is 10.2. The number of carbonyl (C=O) groups excluding carboxylic acids is 1. The van der Waals surface area contributed by atoms with E-state index in [0.717, 1.165) is 36.2 Å². The zero-order valence-corrected chi connectivity index (χ0v) is 14.3. The van der Waals surface area contributed by atoms with E-state index in [-0.39, 0.29) is 5.91 Å². The summed E-state index contributed by atoms with van der Waals surface area (Å²) in [7, 11) is 1.70. The molecule has 0 fully saturated rings. The van der Waals surface area contributed by atoms with Crippen molar-refractivity contribution in [2.75, 3.05) is 20.3 Å². The molecule has 2 aromatic heterocycles. The summed E-state index contributed by atoms with van der Waals surface area (Å²) in [5.41, 5.74) is 2.55. The smallest absolute Gasteiger partial charge is 0.269 e. The van der Waals surface area contributed by atoms with E-state index >= 15 is 0 Å². The number of para-hydroxylation sites is 2. The Hall–Kier alpha value is -2.73. The number of fused-ring (bicyclic) bond motifs is 1. The average Bonchev–Trinajstić information content (AvgIpc) is 3.01. The molecule has 25 heavy (non-hydrogen) atoms. The second-order valence-corrected chi connectivity index (χ2v) is 5.74. The van der Waals surface area contributed by atoms with Crippen LogP contribution in [0.2, 0.25) is 0 Å². The zero-order valence-electron chi connectivity index (χ0n) is 14.3. The van der Waals surface area contributed by atoms with Crippen molar-refractivity contribution in [3.05, 3.63) is 60.2 Å². The molecule has 0 radical (unpaired) electrons. The first-order valence-electron chi connectivity index (χ1n) is 8.42. The van der Waals surface area contributed by atoms with Gasteiger partial charge in [-0.25, -0.2) is 4.98 Å². The fourth-order valence-corrected chi connectivity index (χ4v) is 2.78. The molecule has 6 heteroatoms. The minimum Gasteiger partial charge on any atom is -0.383 e. The minimum absolute atomic E-state index is 0.145. The van der Waals surface area contributed by atoms with Crippen molar-refractivity contribution >= 4 is 16.9 Å². The molecule has 0 saturated heterocycles. The van der Waals surface area contributed by atoms with E-state index in [1.165, 1.54) is 0 Å². The Balaban J connectivity index is 1.60. The maximum Gasteiger partial charge on any atom is 0.269 e. The molecule has 0 spiro atoms. The van der Waals surface area contributed by atoms with Gasteiger partial charge in [-0.3, -0.25) is 9.78 Å². The van der Waals surface area contributed by atoms with E-state index in [2.05, 4.69) is 20.9 Å². The summed E-state index contributed by atoms with van der Waals surface area (Å²) in [6.45, 7) is 2.00. The lowest BCUT2D eigenvalue weighted by Crippen LogP contribution is -2.25. The van der Waals surface area contributed by atoms with Crippen molar-refractivity contribution in [1.82, 2.24) is 19.9 Å². The first-order chi connectivity index (χ1) is 12.3. The molecule has 3 rings (SSSR count). The van der Waals surface area contributed by atoms with Crippen LogP contribution >= 0.6 is 0 Å². The van der Waals surface area contributed by atoms with Crippen LogP contribution in [0.25, 0.3) is 11.0 Å². The second-order valence-electron chi connectivity index (χ2n) is 5.74. The molecule has 1 N–H and O–H groups in total. The van der Waals surface area contributed by atoms with Crippen molar-refractivity contribution in [2.45, 2.75) is 19.4 Å². The second kappa shape index (κ2) is 8.39. The maximum atomic E-state index is 12.0. The fraction of sp³-hybridized carbons (Fsp3) is 0.316. The molecule has 0 unspecified atom stereocenters. The lowest BCUT2D eigenvalue weighted by Gasteiger charge is -2.09. The molecule has 130 valence electrons. The van der Waals surface area contributed by atoms with E-state index in [0.29, 0.717) is 18.8 Å². The van der Waals surface area contributed by atoms with Gasteiger partial charge in [0.2, 0.25) is 0 Å². The Morgan fingerprint density at radius 2 is 2.04 bits per heavy atom. The maximum absolute atomic E-state index is 12.0. The number of rotatable bonds is 8. The number of imidazole rings is 1. The Labute approximate surface area is 146 Å². The highest BCUT2D eigenvalue weighted by Crippen LogP contribution is 2.17. The van der Waals surface area contributed by atoms with E-state index in [9.17, 15) is 4.79 Å². The highest BCUT2D eigenvalue weighted by atomic mass is 16.5. The monoisotopic (exact) mass is 338 g/mol. The van der Waals surface area contributed by atoms with Crippen LogP contribution in [0.4, 0.5) is 0 Å². The third-order valence-electron chi connectivity index (χ3n) is 4.01. The molecule has 3 aromatic rings. The number of pyridine rings is 1. The van der Waals surface area contributed by atoms with Crippen LogP contribution in [0.15, 0.2) is 48.7 Å². The van der Waals surface area contributed by atoms with Gasteiger partial charge < -0.3 is 14.6 Å². The summed E-state index contributed by atoms with van der Waals surface area (Å²) in [4.78, 5) is 20.8. The summed E-state index contributed by atoms with van der Waals surface area (Å²) in [6.07, 6.45) is 3.23. The third-order valence-corrected chi connectivity index (χ3v) is 4.01. The largest absolute Gasteiger partial charge is 0.383 e. The Kier molecular flexibility index (Phi) is 5.74. The van der Waals surface area contributed by atoms with E-state index in [4.69, 9.17) is 9.72 Å². The zero-order chi connectivity index (χ0) is 17.5. The number of ether oxygens (including phenoxy) is 1. The topological polar surface area (TPSA) is 69.0 Å². The minimum atomic E-state index is -0.145. The van der Waals surface area contributed by atoms with Crippen molar-refractivity contribution in [3.63, 3.8) is 0 Å². The van der Waals surface area contributed by atoms with Crippen LogP contribution in [0.5, 0.6) is 0 Å². The van der Waals surface area contributed by atoms with Crippen molar-refractivity contribution < 1.29 is 9.53 Å². The summed E-state index contributed by atoms with van der Waals surface area (Å²) < 4.78 is 7.41. The summed E-state index contributed by atoms with van der Waals surface area (Å²) in [5, 5.41) is 2.90. The normalized spacial score (nSPS) is 10.9.